The summed E-state index contributed by atoms with van der Waals surface area (Å²) >= 11 is 0. The van der Waals surface area contributed by atoms with Crippen LogP contribution in [0.25, 0.3) is 11.1 Å². The molecule has 2 heteroatoms. The van der Waals surface area contributed by atoms with Crippen LogP contribution in [0, 0.1) is 29.1 Å². The molecule has 6 atom stereocenters. The molecular formula is C65H66N2. The molecule has 12 rings (SSSR count). The van der Waals surface area contributed by atoms with Gasteiger partial charge in [-0.25, -0.2) is 0 Å². The van der Waals surface area contributed by atoms with Gasteiger partial charge in [-0.3, -0.25) is 0 Å². The van der Waals surface area contributed by atoms with Crippen LogP contribution in [0.5, 0.6) is 0 Å². The normalized spacial score (nSPS) is 25.1. The fourth-order valence-electron chi connectivity index (χ4n) is 13.8. The van der Waals surface area contributed by atoms with E-state index in [1.807, 2.05) is 0 Å². The van der Waals surface area contributed by atoms with Gasteiger partial charge in [-0.15, -0.1) is 0 Å². The van der Waals surface area contributed by atoms with Crippen molar-refractivity contribution < 1.29 is 0 Å². The lowest BCUT2D eigenvalue weighted by Crippen LogP contribution is -2.45. The number of hydrogen-bond donors (Lipinski definition) is 0. The number of para-hydroxylation sites is 3. The van der Waals surface area contributed by atoms with Gasteiger partial charge in [-0.2, -0.15) is 0 Å². The Kier molecular flexibility index (Phi) is 9.42. The van der Waals surface area contributed by atoms with Gasteiger partial charge in [0.25, 0.3) is 0 Å². The molecule has 0 saturated heterocycles. The fraction of sp³-hybridized carbons (Fsp3) is 0.323. The van der Waals surface area contributed by atoms with Crippen LogP contribution in [0.1, 0.15) is 126 Å². The van der Waals surface area contributed by atoms with Crippen molar-refractivity contribution >= 4 is 34.1 Å². The van der Waals surface area contributed by atoms with Gasteiger partial charge in [-0.05, 0) is 134 Å². The maximum Gasteiger partial charge on any atom is 0.0544 e. The molecule has 3 heterocycles. The molecule has 0 N–H and O–H groups in total. The predicted octanol–water partition coefficient (Wildman–Crippen LogP) is 17.6. The highest BCUT2D eigenvalue weighted by molar-refractivity contribution is 5.99. The van der Waals surface area contributed by atoms with Crippen LogP contribution in [-0.4, -0.2) is 0 Å². The minimum atomic E-state index is -0.222. The summed E-state index contributed by atoms with van der Waals surface area (Å²) < 4.78 is 0. The van der Waals surface area contributed by atoms with Crippen molar-refractivity contribution in [2.24, 2.45) is 29.1 Å². The Morgan fingerprint density at radius 1 is 0.582 bits per heavy atom. The lowest BCUT2D eigenvalue weighted by Gasteiger charge is -2.56. The van der Waals surface area contributed by atoms with Crippen LogP contribution >= 0.6 is 0 Å². The second-order valence-electron chi connectivity index (χ2n) is 22.9. The summed E-state index contributed by atoms with van der Waals surface area (Å²) in [5.41, 5.74) is 21.6. The summed E-state index contributed by atoms with van der Waals surface area (Å²) in [4.78, 5) is 5.14. The number of anilines is 6. The Morgan fingerprint density at radius 2 is 1.15 bits per heavy atom. The van der Waals surface area contributed by atoms with Gasteiger partial charge >= 0.3 is 0 Å². The third kappa shape index (κ3) is 6.13. The van der Waals surface area contributed by atoms with Crippen LogP contribution in [-0.2, 0) is 16.2 Å². The number of rotatable bonds is 8. The first-order chi connectivity index (χ1) is 32.2. The molecule has 0 saturated carbocycles. The summed E-state index contributed by atoms with van der Waals surface area (Å²) in [6.07, 6.45) is 20.5. The molecule has 0 fully saturated rings. The highest BCUT2D eigenvalue weighted by Crippen LogP contribution is 2.68. The summed E-state index contributed by atoms with van der Waals surface area (Å²) in [5.74, 6) is 2.36. The smallest absolute Gasteiger partial charge is 0.0544 e. The molecule has 0 aromatic heterocycles. The van der Waals surface area contributed by atoms with Crippen molar-refractivity contribution in [1.29, 1.82) is 0 Å². The molecule has 6 aliphatic rings. The Balaban J connectivity index is 1.06. The highest BCUT2D eigenvalue weighted by Gasteiger charge is 2.54. The second kappa shape index (κ2) is 14.9. The fourth-order valence-corrected chi connectivity index (χ4v) is 13.8. The van der Waals surface area contributed by atoms with E-state index in [-0.39, 0.29) is 21.7 Å². The van der Waals surface area contributed by atoms with Gasteiger partial charge in [0.1, 0.15) is 0 Å². The second-order valence-corrected chi connectivity index (χ2v) is 22.9. The van der Waals surface area contributed by atoms with Crippen molar-refractivity contribution in [3.63, 3.8) is 0 Å². The van der Waals surface area contributed by atoms with Gasteiger partial charge in [0.15, 0.2) is 0 Å². The molecule has 0 radical (unpaired) electrons. The Bertz CT molecular complexity index is 3040. The van der Waals surface area contributed by atoms with Crippen LogP contribution < -0.4 is 9.80 Å². The average molecular weight is 875 g/mol. The molecule has 0 spiro atoms. The maximum atomic E-state index is 2.77. The zero-order chi connectivity index (χ0) is 46.2. The molecule has 6 aromatic carbocycles. The van der Waals surface area contributed by atoms with Gasteiger partial charge in [0, 0.05) is 51.1 Å². The van der Waals surface area contributed by atoms with Crippen molar-refractivity contribution in [3.05, 3.63) is 214 Å². The van der Waals surface area contributed by atoms with E-state index < -0.39 is 0 Å². The van der Waals surface area contributed by atoms with Crippen LogP contribution in [0.4, 0.5) is 34.1 Å². The minimum absolute atomic E-state index is 0.160. The number of allylic oxidation sites excluding steroid dienone is 8. The van der Waals surface area contributed by atoms with E-state index in [1.165, 1.54) is 72.7 Å². The lowest BCUT2D eigenvalue weighted by molar-refractivity contribution is 0.110. The minimum Gasteiger partial charge on any atom is -0.311 e. The van der Waals surface area contributed by atoms with E-state index in [0.29, 0.717) is 29.6 Å². The molecule has 6 aromatic rings. The van der Waals surface area contributed by atoms with Gasteiger partial charge < -0.3 is 9.80 Å². The topological polar surface area (TPSA) is 6.48 Å². The van der Waals surface area contributed by atoms with Crippen molar-refractivity contribution in [3.8, 4) is 11.1 Å². The van der Waals surface area contributed by atoms with E-state index in [4.69, 9.17) is 0 Å². The Hall–Kier alpha value is -6.12. The maximum absolute atomic E-state index is 2.77. The Labute approximate surface area is 400 Å². The SMILES string of the molecule is CCC(C)CC1(C)c2cc(-c3ccc(N(c4ccccc4)c4ccccc4)cc3)cc3c2N2c4c(cccc4C(C)(C)c4cc(C5C=CC6C7=CC(C=CC=C7)C(C)(C)C6C5)cc1c42)C3(C)C. The van der Waals surface area contributed by atoms with E-state index >= 15 is 0 Å². The van der Waals surface area contributed by atoms with E-state index in [0.717, 1.165) is 36.3 Å². The van der Waals surface area contributed by atoms with Crippen LogP contribution in [0.15, 0.2) is 175 Å². The number of nitrogens with zero attached hydrogens (tertiary/aromatic N) is 2. The van der Waals surface area contributed by atoms with Crippen molar-refractivity contribution in [1.82, 2.24) is 0 Å². The van der Waals surface area contributed by atoms with Crippen LogP contribution in [0.2, 0.25) is 0 Å². The molecule has 2 bridgehead atoms. The summed E-state index contributed by atoms with van der Waals surface area (Å²) in [6, 6.07) is 48.6. The van der Waals surface area contributed by atoms with E-state index in [9.17, 15) is 0 Å². The number of fused-ring (bicyclic) bond motifs is 3. The molecular weight excluding hydrogens is 809 g/mol. The molecule has 336 valence electrons. The molecule has 3 aliphatic heterocycles. The summed E-state index contributed by atoms with van der Waals surface area (Å²) in [5, 5.41) is 0. The molecule has 6 unspecified atom stereocenters. The predicted molar refractivity (Wildman–Crippen MR) is 283 cm³/mol. The number of hydrogen-bond acceptors (Lipinski definition) is 2. The number of benzene rings is 6. The molecule has 0 amide bonds. The summed E-state index contributed by atoms with van der Waals surface area (Å²) in [6.45, 7) is 22.6. The van der Waals surface area contributed by atoms with Gasteiger partial charge in [0.05, 0.1) is 17.1 Å². The van der Waals surface area contributed by atoms with E-state index in [1.54, 1.807) is 0 Å². The largest absolute Gasteiger partial charge is 0.311 e. The third-order valence-corrected chi connectivity index (χ3v) is 18.0. The summed E-state index contributed by atoms with van der Waals surface area (Å²) in [7, 11) is 0. The first-order valence-electron chi connectivity index (χ1n) is 25.3. The molecule has 67 heavy (non-hydrogen) atoms. The average Bonchev–Trinajstić information content (AvgIpc) is 3.59. The van der Waals surface area contributed by atoms with Gasteiger partial charge in [0.2, 0.25) is 0 Å². The molecule has 3 aliphatic carbocycles. The zero-order valence-corrected chi connectivity index (χ0v) is 41.1. The van der Waals surface area contributed by atoms with Crippen molar-refractivity contribution in [2.75, 3.05) is 9.80 Å². The first-order valence-corrected chi connectivity index (χ1v) is 25.3. The monoisotopic (exact) mass is 875 g/mol. The van der Waals surface area contributed by atoms with Crippen molar-refractivity contribution in [2.45, 2.75) is 104 Å². The van der Waals surface area contributed by atoms with Gasteiger partial charge in [-0.1, -0.05) is 190 Å². The quantitative estimate of drug-likeness (QED) is 0.141. The first kappa shape index (κ1) is 42.2. The zero-order valence-electron chi connectivity index (χ0n) is 41.1. The third-order valence-electron chi connectivity index (χ3n) is 18.0. The standard InChI is InChI=1S/C65H66N2/c1-10-41(2)40-65(9)57-38-45(42-28-31-50(32-29-42)66(48-22-13-11-14-23-48)49-24-15-12-16-25-49)36-55-60(57)67-59-52(63(55,5)6)26-19-27-53(59)64(7,8)56-37-46(39-58(65)61(56)67)43-30-33-51-44-20-17-18-21-47(34-44)62(3,4)54(51)35-43/h11-34,36-39,41,43,47,51,54H,10,35,40H2,1-9H3. The Morgan fingerprint density at radius 3 is 1.79 bits per heavy atom. The molecule has 2 nitrogen and oxygen atoms in total. The lowest BCUT2D eigenvalue weighted by atomic mass is 9.54. The van der Waals surface area contributed by atoms with Crippen LogP contribution in [0.3, 0.4) is 0 Å². The highest BCUT2D eigenvalue weighted by atomic mass is 15.2. The van der Waals surface area contributed by atoms with E-state index in [2.05, 4.69) is 242 Å².